The predicted octanol–water partition coefficient (Wildman–Crippen LogP) is 3.88. The first-order valence-corrected chi connectivity index (χ1v) is 5.67. The molecule has 2 aromatic carbocycles. The third kappa shape index (κ3) is 1.95. The molecule has 3 aromatic rings. The Morgan fingerprint density at radius 2 is 1.89 bits per heavy atom. The summed E-state index contributed by atoms with van der Waals surface area (Å²) >= 11 is 0. The third-order valence-electron chi connectivity index (χ3n) is 2.98. The van der Waals surface area contributed by atoms with Crippen LogP contribution in [-0.2, 0) is 0 Å². The van der Waals surface area contributed by atoms with Gasteiger partial charge in [-0.25, -0.2) is 4.39 Å². The smallest absolute Gasteiger partial charge is 0.278 e. The van der Waals surface area contributed by atoms with Crippen LogP contribution >= 0.6 is 0 Å². The standard InChI is InChI=1S/C14H9FN2O2/c15-10-5-6-14(17(18)19)11(8-10)13-7-9-3-1-2-4-12(9)16-13/h1-8,16H. The van der Waals surface area contributed by atoms with Crippen LogP contribution in [0.3, 0.4) is 0 Å². The molecule has 0 aliphatic carbocycles. The first-order chi connectivity index (χ1) is 9.15. The first-order valence-electron chi connectivity index (χ1n) is 5.67. The van der Waals surface area contributed by atoms with E-state index in [1.807, 2.05) is 24.3 Å². The number of aromatic nitrogens is 1. The maximum Gasteiger partial charge on any atom is 0.278 e. The van der Waals surface area contributed by atoms with Crippen LogP contribution in [0.1, 0.15) is 0 Å². The molecule has 0 saturated carbocycles. The van der Waals surface area contributed by atoms with Crippen LogP contribution < -0.4 is 0 Å². The first kappa shape index (κ1) is 11.4. The molecule has 0 bridgehead atoms. The van der Waals surface area contributed by atoms with E-state index in [-0.39, 0.29) is 11.3 Å². The quantitative estimate of drug-likeness (QED) is 0.558. The Bertz CT molecular complexity index is 747. The zero-order valence-electron chi connectivity index (χ0n) is 9.76. The second kappa shape index (κ2) is 4.20. The van der Waals surface area contributed by atoms with Crippen LogP contribution in [-0.4, -0.2) is 9.91 Å². The van der Waals surface area contributed by atoms with Crippen molar-refractivity contribution in [3.05, 3.63) is 64.5 Å². The van der Waals surface area contributed by atoms with Gasteiger partial charge in [0.2, 0.25) is 0 Å². The van der Waals surface area contributed by atoms with Crippen molar-refractivity contribution in [2.45, 2.75) is 0 Å². The molecule has 0 fully saturated rings. The highest BCUT2D eigenvalue weighted by molar-refractivity contribution is 5.87. The van der Waals surface area contributed by atoms with Gasteiger partial charge in [-0.05, 0) is 24.3 Å². The lowest BCUT2D eigenvalue weighted by Gasteiger charge is -2.00. The van der Waals surface area contributed by atoms with Gasteiger partial charge in [0, 0.05) is 17.0 Å². The number of benzene rings is 2. The molecule has 0 amide bonds. The highest BCUT2D eigenvalue weighted by Gasteiger charge is 2.17. The average molecular weight is 256 g/mol. The zero-order valence-corrected chi connectivity index (χ0v) is 9.76. The molecule has 0 unspecified atom stereocenters. The number of aromatic amines is 1. The number of rotatable bonds is 2. The van der Waals surface area contributed by atoms with Gasteiger partial charge < -0.3 is 4.98 Å². The molecule has 19 heavy (non-hydrogen) atoms. The molecule has 0 radical (unpaired) electrons. The molecule has 0 aliphatic rings. The Balaban J connectivity index is 2.25. The molecule has 4 nitrogen and oxygen atoms in total. The molecule has 94 valence electrons. The van der Waals surface area contributed by atoms with E-state index >= 15 is 0 Å². The minimum atomic E-state index is -0.514. The number of nitrogens with zero attached hydrogens (tertiary/aromatic N) is 1. The second-order valence-electron chi connectivity index (χ2n) is 4.19. The topological polar surface area (TPSA) is 58.9 Å². The number of nitrogens with one attached hydrogen (secondary N) is 1. The summed E-state index contributed by atoms with van der Waals surface area (Å²) in [6, 6.07) is 12.7. The van der Waals surface area contributed by atoms with Gasteiger partial charge in [-0.1, -0.05) is 18.2 Å². The van der Waals surface area contributed by atoms with Gasteiger partial charge in [-0.2, -0.15) is 0 Å². The minimum absolute atomic E-state index is 0.118. The van der Waals surface area contributed by atoms with Crippen LogP contribution in [0.5, 0.6) is 0 Å². The SMILES string of the molecule is O=[N+]([O-])c1ccc(F)cc1-c1cc2ccccc2[nH]1. The van der Waals surface area contributed by atoms with Gasteiger partial charge in [-0.15, -0.1) is 0 Å². The highest BCUT2D eigenvalue weighted by atomic mass is 19.1. The third-order valence-corrected chi connectivity index (χ3v) is 2.98. The number of nitro groups is 1. The van der Waals surface area contributed by atoms with E-state index in [9.17, 15) is 14.5 Å². The number of halogens is 1. The number of hydrogen-bond acceptors (Lipinski definition) is 2. The van der Waals surface area contributed by atoms with Crippen LogP contribution in [0.2, 0.25) is 0 Å². The van der Waals surface area contributed by atoms with Crippen molar-refractivity contribution in [3.8, 4) is 11.3 Å². The number of para-hydroxylation sites is 1. The number of H-pyrrole nitrogens is 1. The van der Waals surface area contributed by atoms with E-state index in [2.05, 4.69) is 4.98 Å². The van der Waals surface area contributed by atoms with Crippen molar-refractivity contribution < 1.29 is 9.31 Å². The number of nitro benzene ring substituents is 1. The largest absolute Gasteiger partial charge is 0.354 e. The van der Waals surface area contributed by atoms with Crippen molar-refractivity contribution >= 4 is 16.6 Å². The Labute approximate surface area is 107 Å². The molecule has 3 rings (SSSR count). The summed E-state index contributed by atoms with van der Waals surface area (Å²) in [6.45, 7) is 0. The van der Waals surface area contributed by atoms with E-state index in [0.29, 0.717) is 5.69 Å². The summed E-state index contributed by atoms with van der Waals surface area (Å²) in [5.41, 5.74) is 1.53. The molecule has 1 aromatic heterocycles. The molecule has 0 spiro atoms. The second-order valence-corrected chi connectivity index (χ2v) is 4.19. The van der Waals surface area contributed by atoms with Gasteiger partial charge in [0.05, 0.1) is 16.2 Å². The molecule has 1 N–H and O–H groups in total. The fourth-order valence-electron chi connectivity index (χ4n) is 2.10. The maximum absolute atomic E-state index is 13.3. The van der Waals surface area contributed by atoms with Crippen LogP contribution in [0.15, 0.2) is 48.5 Å². The highest BCUT2D eigenvalue weighted by Crippen LogP contribution is 2.31. The van der Waals surface area contributed by atoms with E-state index in [1.54, 1.807) is 6.07 Å². The molecular formula is C14H9FN2O2. The summed E-state index contributed by atoms with van der Waals surface area (Å²) in [5, 5.41) is 11.9. The predicted molar refractivity (Wildman–Crippen MR) is 70.3 cm³/mol. The molecule has 0 saturated heterocycles. The van der Waals surface area contributed by atoms with E-state index < -0.39 is 10.7 Å². The average Bonchev–Trinajstić information content (AvgIpc) is 2.81. The Morgan fingerprint density at radius 3 is 2.63 bits per heavy atom. The number of fused-ring (bicyclic) bond motifs is 1. The van der Waals surface area contributed by atoms with Gasteiger partial charge in [-0.3, -0.25) is 10.1 Å². The lowest BCUT2D eigenvalue weighted by Crippen LogP contribution is -1.93. The fraction of sp³-hybridized carbons (Fsp3) is 0. The van der Waals surface area contributed by atoms with Crippen molar-refractivity contribution in [3.63, 3.8) is 0 Å². The van der Waals surface area contributed by atoms with Crippen molar-refractivity contribution in [1.82, 2.24) is 4.98 Å². The lowest BCUT2D eigenvalue weighted by atomic mass is 10.1. The van der Waals surface area contributed by atoms with Gasteiger partial charge >= 0.3 is 0 Å². The number of hydrogen-bond donors (Lipinski definition) is 1. The van der Waals surface area contributed by atoms with Crippen molar-refractivity contribution in [2.24, 2.45) is 0 Å². The van der Waals surface area contributed by atoms with E-state index in [1.165, 1.54) is 12.1 Å². The Morgan fingerprint density at radius 1 is 1.11 bits per heavy atom. The Hall–Kier alpha value is -2.69. The summed E-state index contributed by atoms with van der Waals surface area (Å²) in [6.07, 6.45) is 0. The van der Waals surface area contributed by atoms with Gasteiger partial charge in [0.25, 0.3) is 5.69 Å². The van der Waals surface area contributed by atoms with Crippen LogP contribution in [0.4, 0.5) is 10.1 Å². The van der Waals surface area contributed by atoms with Gasteiger partial charge in [0.15, 0.2) is 0 Å². The summed E-state index contributed by atoms with van der Waals surface area (Å²) in [4.78, 5) is 13.5. The van der Waals surface area contributed by atoms with E-state index in [4.69, 9.17) is 0 Å². The normalized spacial score (nSPS) is 10.8. The summed E-state index contributed by atoms with van der Waals surface area (Å²) < 4.78 is 13.3. The Kier molecular flexibility index (Phi) is 2.52. The molecule has 0 atom stereocenters. The fourth-order valence-corrected chi connectivity index (χ4v) is 2.10. The minimum Gasteiger partial charge on any atom is -0.354 e. The molecule has 0 aliphatic heterocycles. The monoisotopic (exact) mass is 256 g/mol. The molecule has 5 heteroatoms. The van der Waals surface area contributed by atoms with Crippen molar-refractivity contribution in [2.75, 3.05) is 0 Å². The summed E-state index contributed by atoms with van der Waals surface area (Å²) in [5.74, 6) is -0.501. The molecular weight excluding hydrogens is 247 g/mol. The van der Waals surface area contributed by atoms with Crippen molar-refractivity contribution in [1.29, 1.82) is 0 Å². The zero-order chi connectivity index (χ0) is 13.4. The molecule has 1 heterocycles. The lowest BCUT2D eigenvalue weighted by molar-refractivity contribution is -0.384. The van der Waals surface area contributed by atoms with Crippen LogP contribution in [0, 0.1) is 15.9 Å². The van der Waals surface area contributed by atoms with Crippen LogP contribution in [0.25, 0.3) is 22.2 Å². The van der Waals surface area contributed by atoms with E-state index in [0.717, 1.165) is 17.0 Å². The maximum atomic E-state index is 13.3. The van der Waals surface area contributed by atoms with Gasteiger partial charge in [0.1, 0.15) is 5.82 Å². The summed E-state index contributed by atoms with van der Waals surface area (Å²) in [7, 11) is 0.